The topological polar surface area (TPSA) is 72.3 Å². The van der Waals surface area contributed by atoms with Crippen LogP contribution in [0.5, 0.6) is 0 Å². The molecular weight excluding hydrogens is 355 g/mol. The molecule has 0 spiro atoms. The van der Waals surface area contributed by atoms with Gasteiger partial charge in [-0.25, -0.2) is 4.39 Å². The molecule has 4 aromatic rings. The van der Waals surface area contributed by atoms with Gasteiger partial charge in [-0.2, -0.15) is 4.52 Å². The van der Waals surface area contributed by atoms with E-state index in [4.69, 9.17) is 10.8 Å². The molecule has 0 atom stereocenters. The number of anilines is 2. The van der Waals surface area contributed by atoms with Gasteiger partial charge in [0.15, 0.2) is 17.3 Å². The molecule has 0 unspecified atom stereocenters. The molecule has 2 aromatic carbocycles. The average Bonchev–Trinajstić information content (AvgIpc) is 3.14. The summed E-state index contributed by atoms with van der Waals surface area (Å²) in [6.07, 6.45) is 0.597. The van der Waals surface area contributed by atoms with Crippen molar-refractivity contribution in [1.29, 1.82) is 0 Å². The van der Waals surface area contributed by atoms with Crippen LogP contribution >= 0.6 is 0 Å². The number of nitrogens with zero attached hydrogens (tertiary/aromatic N) is 5. The molecular formula is C21H21FN6. The number of nitrogen functional groups attached to an aromatic ring is 1. The number of halogens is 1. The molecule has 3 heterocycles. The Bertz CT molecular complexity index is 1210. The highest BCUT2D eigenvalue weighted by Gasteiger charge is 2.25. The van der Waals surface area contributed by atoms with Crippen LogP contribution in [0.3, 0.4) is 0 Å². The second-order valence-corrected chi connectivity index (χ2v) is 7.58. The first kappa shape index (κ1) is 16.9. The monoisotopic (exact) mass is 376 g/mol. The standard InChI is InChI=1S/C21H21FN6/c1-12(2)19-24-25-20-14-5-3-4-6-15(14)21(26-28(19)20)27-10-9-13-16(11-27)18(23)8-7-17(13)22/h3-8,12H,9-11,23H2,1-2H3. The lowest BCUT2D eigenvalue weighted by Crippen LogP contribution is -2.33. The van der Waals surface area contributed by atoms with Crippen molar-refractivity contribution >= 4 is 27.9 Å². The molecule has 1 aliphatic rings. The predicted molar refractivity (Wildman–Crippen MR) is 108 cm³/mol. The number of fused-ring (bicyclic) bond motifs is 4. The third-order valence-electron chi connectivity index (χ3n) is 5.48. The summed E-state index contributed by atoms with van der Waals surface area (Å²) in [5.74, 6) is 1.69. The Morgan fingerprint density at radius 2 is 1.82 bits per heavy atom. The van der Waals surface area contributed by atoms with E-state index < -0.39 is 0 Å². The highest BCUT2D eigenvalue weighted by Crippen LogP contribution is 2.33. The van der Waals surface area contributed by atoms with Crippen molar-refractivity contribution in [3.05, 3.63) is 59.2 Å². The zero-order valence-corrected chi connectivity index (χ0v) is 15.9. The van der Waals surface area contributed by atoms with Gasteiger partial charge in [-0.15, -0.1) is 15.3 Å². The summed E-state index contributed by atoms with van der Waals surface area (Å²) < 4.78 is 16.1. The van der Waals surface area contributed by atoms with Gasteiger partial charge >= 0.3 is 0 Å². The van der Waals surface area contributed by atoms with Crippen LogP contribution in [0.4, 0.5) is 15.9 Å². The summed E-state index contributed by atoms with van der Waals surface area (Å²) in [4.78, 5) is 2.17. The van der Waals surface area contributed by atoms with E-state index in [0.29, 0.717) is 30.8 Å². The van der Waals surface area contributed by atoms with Crippen LogP contribution in [-0.2, 0) is 13.0 Å². The summed E-state index contributed by atoms with van der Waals surface area (Å²) >= 11 is 0. The summed E-state index contributed by atoms with van der Waals surface area (Å²) in [5, 5.41) is 15.7. The maximum Gasteiger partial charge on any atom is 0.185 e. The molecule has 0 radical (unpaired) electrons. The molecule has 28 heavy (non-hydrogen) atoms. The molecule has 0 fully saturated rings. The Hall–Kier alpha value is -3.22. The second kappa shape index (κ2) is 6.15. The minimum absolute atomic E-state index is 0.182. The van der Waals surface area contributed by atoms with Crippen molar-refractivity contribution < 1.29 is 4.39 Å². The molecule has 7 heteroatoms. The van der Waals surface area contributed by atoms with E-state index in [-0.39, 0.29) is 11.7 Å². The van der Waals surface area contributed by atoms with Gasteiger partial charge in [0.2, 0.25) is 0 Å². The number of aromatic nitrogens is 4. The van der Waals surface area contributed by atoms with Gasteiger partial charge < -0.3 is 10.6 Å². The first-order valence-electron chi connectivity index (χ1n) is 9.49. The fourth-order valence-corrected chi connectivity index (χ4v) is 4.01. The summed E-state index contributed by atoms with van der Waals surface area (Å²) in [6, 6.07) is 11.2. The number of nitrogens with two attached hydrogens (primary N) is 1. The van der Waals surface area contributed by atoms with Crippen molar-refractivity contribution in [2.75, 3.05) is 17.2 Å². The van der Waals surface area contributed by atoms with Gasteiger partial charge in [-0.1, -0.05) is 38.1 Å². The zero-order valence-electron chi connectivity index (χ0n) is 15.9. The van der Waals surface area contributed by atoms with Crippen LogP contribution in [-0.4, -0.2) is 26.4 Å². The zero-order chi connectivity index (χ0) is 19.4. The third kappa shape index (κ3) is 2.42. The van der Waals surface area contributed by atoms with Crippen molar-refractivity contribution in [2.45, 2.75) is 32.7 Å². The van der Waals surface area contributed by atoms with E-state index in [1.807, 2.05) is 28.8 Å². The Morgan fingerprint density at radius 1 is 1.04 bits per heavy atom. The highest BCUT2D eigenvalue weighted by molar-refractivity contribution is 6.00. The van der Waals surface area contributed by atoms with E-state index in [2.05, 4.69) is 28.9 Å². The first-order valence-corrected chi connectivity index (χ1v) is 9.49. The van der Waals surface area contributed by atoms with Gasteiger partial charge in [0, 0.05) is 41.0 Å². The van der Waals surface area contributed by atoms with Gasteiger partial charge in [0.25, 0.3) is 0 Å². The molecule has 1 aliphatic heterocycles. The van der Waals surface area contributed by atoms with Gasteiger partial charge in [0.1, 0.15) is 5.82 Å². The molecule has 0 amide bonds. The smallest absolute Gasteiger partial charge is 0.185 e. The average molecular weight is 376 g/mol. The number of hydrogen-bond acceptors (Lipinski definition) is 5. The molecule has 142 valence electrons. The Balaban J connectivity index is 1.72. The Morgan fingerprint density at radius 3 is 2.61 bits per heavy atom. The quantitative estimate of drug-likeness (QED) is 0.540. The van der Waals surface area contributed by atoms with Crippen LogP contribution < -0.4 is 10.6 Å². The minimum atomic E-state index is -0.182. The molecule has 2 N–H and O–H groups in total. The van der Waals surface area contributed by atoms with Gasteiger partial charge in [-0.3, -0.25) is 0 Å². The fraction of sp³-hybridized carbons (Fsp3) is 0.286. The van der Waals surface area contributed by atoms with Crippen molar-refractivity contribution in [2.24, 2.45) is 0 Å². The fourth-order valence-electron chi connectivity index (χ4n) is 4.01. The van der Waals surface area contributed by atoms with Crippen LogP contribution in [0, 0.1) is 5.82 Å². The first-order chi connectivity index (χ1) is 13.5. The number of rotatable bonds is 2. The molecule has 0 saturated heterocycles. The largest absolute Gasteiger partial charge is 0.398 e. The highest BCUT2D eigenvalue weighted by atomic mass is 19.1. The molecule has 0 saturated carbocycles. The normalized spacial score (nSPS) is 14.2. The summed E-state index contributed by atoms with van der Waals surface area (Å²) in [5.41, 5.74) is 9.11. The molecule has 0 bridgehead atoms. The predicted octanol–water partition coefficient (Wildman–Crippen LogP) is 3.68. The Kier molecular flexibility index (Phi) is 3.72. The number of benzene rings is 2. The van der Waals surface area contributed by atoms with Crippen LogP contribution in [0.2, 0.25) is 0 Å². The van der Waals surface area contributed by atoms with Crippen molar-refractivity contribution in [1.82, 2.24) is 19.8 Å². The van der Waals surface area contributed by atoms with E-state index in [1.54, 1.807) is 6.07 Å². The summed E-state index contributed by atoms with van der Waals surface area (Å²) in [6.45, 7) is 5.36. The molecule has 2 aromatic heterocycles. The minimum Gasteiger partial charge on any atom is -0.398 e. The third-order valence-corrected chi connectivity index (χ3v) is 5.48. The molecule has 6 nitrogen and oxygen atoms in total. The molecule has 5 rings (SSSR count). The van der Waals surface area contributed by atoms with Crippen LogP contribution in [0.15, 0.2) is 36.4 Å². The van der Waals surface area contributed by atoms with Crippen molar-refractivity contribution in [3.63, 3.8) is 0 Å². The maximum absolute atomic E-state index is 14.2. The lowest BCUT2D eigenvalue weighted by atomic mass is 9.97. The SMILES string of the molecule is CC(C)c1nnc2c3ccccc3c(N3CCc4c(F)ccc(N)c4C3)nn12. The second-order valence-electron chi connectivity index (χ2n) is 7.58. The maximum atomic E-state index is 14.2. The van der Waals surface area contributed by atoms with E-state index >= 15 is 0 Å². The lowest BCUT2D eigenvalue weighted by molar-refractivity contribution is 0.589. The number of hydrogen-bond donors (Lipinski definition) is 1. The van der Waals surface area contributed by atoms with Gasteiger partial charge in [0.05, 0.1) is 0 Å². The molecule has 0 aliphatic carbocycles. The van der Waals surface area contributed by atoms with E-state index in [9.17, 15) is 4.39 Å². The lowest BCUT2D eigenvalue weighted by Gasteiger charge is -2.31. The van der Waals surface area contributed by atoms with Crippen LogP contribution in [0.25, 0.3) is 16.4 Å². The van der Waals surface area contributed by atoms with Crippen molar-refractivity contribution in [3.8, 4) is 0 Å². The summed E-state index contributed by atoms with van der Waals surface area (Å²) in [7, 11) is 0. The van der Waals surface area contributed by atoms with E-state index in [1.165, 1.54) is 6.07 Å². The van der Waals surface area contributed by atoms with Gasteiger partial charge in [-0.05, 0) is 24.1 Å². The Labute approximate surface area is 161 Å². The van der Waals surface area contributed by atoms with Crippen LogP contribution in [0.1, 0.15) is 36.7 Å². The van der Waals surface area contributed by atoms with E-state index in [0.717, 1.165) is 33.6 Å².